The van der Waals surface area contributed by atoms with Gasteiger partial charge >= 0.3 is 5.97 Å². The van der Waals surface area contributed by atoms with Crippen molar-refractivity contribution in [3.05, 3.63) is 0 Å². The molecule has 0 aromatic carbocycles. The third-order valence-corrected chi connectivity index (χ3v) is 10.3. The molecular formula is C29H42N4O7. The number of carbonyl (C=O) groups excluding carboxylic acids is 6. The Morgan fingerprint density at radius 2 is 1.68 bits per heavy atom. The monoisotopic (exact) mass is 558 g/mol. The number of rotatable bonds is 10. The lowest BCUT2D eigenvalue weighted by Crippen LogP contribution is -2.60. The van der Waals surface area contributed by atoms with Crippen molar-refractivity contribution in [3.8, 4) is 0 Å². The Balaban J connectivity index is 1.36. The van der Waals surface area contributed by atoms with Crippen molar-refractivity contribution in [2.75, 3.05) is 6.54 Å². The van der Waals surface area contributed by atoms with Crippen molar-refractivity contribution < 1.29 is 33.5 Å². The normalized spacial score (nSPS) is 30.9. The summed E-state index contributed by atoms with van der Waals surface area (Å²) in [5.74, 6) is -3.40. The van der Waals surface area contributed by atoms with E-state index in [9.17, 15) is 28.8 Å². The summed E-state index contributed by atoms with van der Waals surface area (Å²) in [7, 11) is 0. The molecule has 0 spiro atoms. The van der Waals surface area contributed by atoms with E-state index in [0.29, 0.717) is 13.0 Å². The molecule has 40 heavy (non-hydrogen) atoms. The molecule has 5 fully saturated rings. The number of piperidine rings is 1. The Hall–Kier alpha value is -2.98. The van der Waals surface area contributed by atoms with Gasteiger partial charge in [0.1, 0.15) is 12.1 Å². The Kier molecular flexibility index (Phi) is 7.94. The van der Waals surface area contributed by atoms with Gasteiger partial charge in [-0.3, -0.25) is 28.8 Å². The molecule has 0 aromatic rings. The van der Waals surface area contributed by atoms with Gasteiger partial charge in [-0.25, -0.2) is 0 Å². The number of likely N-dealkylation sites (tertiary alicyclic amines) is 1. The number of ketones is 1. The van der Waals surface area contributed by atoms with Crippen LogP contribution in [0.5, 0.6) is 0 Å². The number of primary amides is 1. The molecule has 4 N–H and O–H groups in total. The van der Waals surface area contributed by atoms with E-state index in [1.807, 2.05) is 0 Å². The maximum absolute atomic E-state index is 14.2. The van der Waals surface area contributed by atoms with Gasteiger partial charge in [0.05, 0.1) is 6.04 Å². The third-order valence-electron chi connectivity index (χ3n) is 10.3. The number of fused-ring (bicyclic) bond motifs is 1. The van der Waals surface area contributed by atoms with Gasteiger partial charge in [0.25, 0.3) is 11.8 Å². The first-order chi connectivity index (χ1) is 19.0. The highest BCUT2D eigenvalue weighted by Crippen LogP contribution is 2.65. The molecule has 0 bridgehead atoms. The SMILES string of the molecule is CC1(C)[C@@H]2[C@@H](C(=O)NC(CC3CCC3)C(=O)C(N)=O)N(C(=O)[C@@H](NC(=O)C3CCC(=O)O3)C3CCCCC3)C[C@@H]21. The van der Waals surface area contributed by atoms with Gasteiger partial charge in [-0.15, -0.1) is 0 Å². The van der Waals surface area contributed by atoms with E-state index in [1.54, 1.807) is 4.90 Å². The second-order valence-electron chi connectivity index (χ2n) is 13.1. The third kappa shape index (κ3) is 5.48. The average Bonchev–Trinajstić information content (AvgIpc) is 3.28. The molecule has 6 atom stereocenters. The van der Waals surface area contributed by atoms with E-state index in [4.69, 9.17) is 10.5 Å². The van der Waals surface area contributed by atoms with E-state index in [-0.39, 0.29) is 47.8 Å². The molecular weight excluding hydrogens is 516 g/mol. The molecule has 5 aliphatic rings. The number of carbonyl (C=O) groups is 6. The molecule has 220 valence electrons. The van der Waals surface area contributed by atoms with Gasteiger partial charge in [-0.05, 0) is 48.3 Å². The van der Waals surface area contributed by atoms with Gasteiger partial charge in [-0.1, -0.05) is 52.4 Å². The predicted molar refractivity (Wildman–Crippen MR) is 142 cm³/mol. The molecule has 4 amide bonds. The first kappa shape index (κ1) is 28.5. The maximum atomic E-state index is 14.2. The number of hydrogen-bond donors (Lipinski definition) is 3. The number of nitrogens with one attached hydrogen (secondary N) is 2. The lowest BCUT2D eigenvalue weighted by molar-refractivity contribution is -0.150. The topological polar surface area (TPSA) is 165 Å². The number of hydrogen-bond acceptors (Lipinski definition) is 7. The number of nitrogens with zero attached hydrogens (tertiary/aromatic N) is 1. The zero-order chi connectivity index (χ0) is 28.8. The van der Waals surface area contributed by atoms with Crippen molar-refractivity contribution >= 4 is 35.4 Å². The van der Waals surface area contributed by atoms with E-state index in [1.165, 1.54) is 0 Å². The molecule has 3 saturated carbocycles. The van der Waals surface area contributed by atoms with Gasteiger partial charge in [-0.2, -0.15) is 0 Å². The molecule has 2 unspecified atom stereocenters. The fraction of sp³-hybridized carbons (Fsp3) is 0.793. The highest BCUT2D eigenvalue weighted by Gasteiger charge is 2.69. The molecule has 11 nitrogen and oxygen atoms in total. The van der Waals surface area contributed by atoms with Crippen LogP contribution in [0.2, 0.25) is 0 Å². The van der Waals surface area contributed by atoms with Crippen molar-refractivity contribution in [2.24, 2.45) is 34.8 Å². The molecule has 2 aliphatic heterocycles. The largest absolute Gasteiger partial charge is 0.452 e. The van der Waals surface area contributed by atoms with Crippen molar-refractivity contribution in [3.63, 3.8) is 0 Å². The lowest BCUT2D eigenvalue weighted by atomic mass is 9.80. The van der Waals surface area contributed by atoms with Crippen LogP contribution >= 0.6 is 0 Å². The fourth-order valence-corrected chi connectivity index (χ4v) is 7.52. The van der Waals surface area contributed by atoms with Crippen LogP contribution in [0.25, 0.3) is 0 Å². The quantitative estimate of drug-likeness (QED) is 0.265. The minimum absolute atomic E-state index is 0.0845. The van der Waals surface area contributed by atoms with E-state index in [2.05, 4.69) is 24.5 Å². The summed E-state index contributed by atoms with van der Waals surface area (Å²) in [5.41, 5.74) is 5.15. The van der Waals surface area contributed by atoms with Crippen LogP contribution in [0.15, 0.2) is 0 Å². The van der Waals surface area contributed by atoms with E-state index < -0.39 is 53.7 Å². The summed E-state index contributed by atoms with van der Waals surface area (Å²) in [6.45, 7) is 4.52. The summed E-state index contributed by atoms with van der Waals surface area (Å²) < 4.78 is 5.15. The summed E-state index contributed by atoms with van der Waals surface area (Å²) >= 11 is 0. The van der Waals surface area contributed by atoms with Gasteiger partial charge in [0.2, 0.25) is 17.6 Å². The lowest BCUT2D eigenvalue weighted by Gasteiger charge is -2.37. The summed E-state index contributed by atoms with van der Waals surface area (Å²) in [4.78, 5) is 78.6. The van der Waals surface area contributed by atoms with Gasteiger partial charge in [0.15, 0.2) is 6.10 Å². The highest BCUT2D eigenvalue weighted by atomic mass is 16.6. The first-order valence-corrected chi connectivity index (χ1v) is 14.9. The maximum Gasteiger partial charge on any atom is 0.306 e. The van der Waals surface area contributed by atoms with Gasteiger partial charge < -0.3 is 26.0 Å². The standard InChI is InChI=1S/C29H42N4O7/c1-29(2)17-14-33(23(21(17)29)27(38)31-18(24(35)25(30)36)13-15-7-6-8-15)28(39)22(16-9-4-3-5-10-16)32-26(37)19-11-12-20(34)40-19/h15-19,21-23H,3-14H2,1-2H3,(H2,30,36)(H,31,38)(H,32,37)/t17-,18?,19?,21-,22-,23-/m0/s1. The number of amides is 4. The average molecular weight is 559 g/mol. The molecule has 3 aliphatic carbocycles. The van der Waals surface area contributed by atoms with Crippen LogP contribution in [0.4, 0.5) is 0 Å². The van der Waals surface area contributed by atoms with Crippen LogP contribution in [-0.2, 0) is 33.5 Å². The molecule has 0 radical (unpaired) electrons. The van der Waals surface area contributed by atoms with Crippen LogP contribution in [0, 0.1) is 29.1 Å². The smallest absolute Gasteiger partial charge is 0.306 e. The van der Waals surface area contributed by atoms with Crippen molar-refractivity contribution in [1.82, 2.24) is 15.5 Å². The summed E-state index contributed by atoms with van der Waals surface area (Å²) in [5, 5.41) is 5.70. The van der Waals surface area contributed by atoms with E-state index in [0.717, 1.165) is 51.4 Å². The molecule has 5 rings (SSSR count). The molecule has 0 aromatic heterocycles. The number of cyclic esters (lactones) is 1. The number of nitrogens with two attached hydrogens (primary N) is 1. The second kappa shape index (κ2) is 11.1. The summed E-state index contributed by atoms with van der Waals surface area (Å²) in [6.07, 6.45) is 7.32. The fourth-order valence-electron chi connectivity index (χ4n) is 7.52. The molecule has 2 heterocycles. The zero-order valence-electron chi connectivity index (χ0n) is 23.5. The zero-order valence-corrected chi connectivity index (χ0v) is 23.5. The van der Waals surface area contributed by atoms with E-state index >= 15 is 0 Å². The van der Waals surface area contributed by atoms with Crippen LogP contribution in [-0.4, -0.2) is 71.1 Å². The summed E-state index contributed by atoms with van der Waals surface area (Å²) in [6, 6.07) is -2.66. The second-order valence-corrected chi connectivity index (χ2v) is 13.1. The first-order valence-electron chi connectivity index (χ1n) is 14.9. The Labute approximate surface area is 234 Å². The van der Waals surface area contributed by atoms with Crippen LogP contribution in [0.3, 0.4) is 0 Å². The molecule has 2 saturated heterocycles. The van der Waals surface area contributed by atoms with Crippen LogP contribution in [0.1, 0.15) is 84.5 Å². The Morgan fingerprint density at radius 3 is 2.25 bits per heavy atom. The Bertz CT molecular complexity index is 1080. The number of Topliss-reactive ketones (excluding diaryl/α,β-unsaturated/α-hetero) is 1. The van der Waals surface area contributed by atoms with Gasteiger partial charge in [0, 0.05) is 19.4 Å². The predicted octanol–water partition coefficient (Wildman–Crippen LogP) is 0.970. The van der Waals surface area contributed by atoms with Crippen molar-refractivity contribution in [1.29, 1.82) is 0 Å². The molecule has 11 heteroatoms. The number of ether oxygens (including phenoxy) is 1. The Morgan fingerprint density at radius 1 is 0.975 bits per heavy atom. The van der Waals surface area contributed by atoms with Crippen molar-refractivity contribution in [2.45, 2.75) is 109 Å². The minimum atomic E-state index is -1.08. The number of esters is 1. The minimum Gasteiger partial charge on any atom is -0.452 e. The highest BCUT2D eigenvalue weighted by molar-refractivity contribution is 6.37. The van der Waals surface area contributed by atoms with Crippen LogP contribution < -0.4 is 16.4 Å².